The zero-order chi connectivity index (χ0) is 21.9. The van der Waals surface area contributed by atoms with Gasteiger partial charge in [0.25, 0.3) is 0 Å². The fourth-order valence-corrected chi connectivity index (χ4v) is 1.99. The molecular weight excluding hydrogens is 380 g/mol. The molecule has 0 bridgehead atoms. The predicted molar refractivity (Wildman–Crippen MR) is 112 cm³/mol. The molecule has 1 aromatic carbocycles. The summed E-state index contributed by atoms with van der Waals surface area (Å²) >= 11 is 4.16. The summed E-state index contributed by atoms with van der Waals surface area (Å²) < 4.78 is 4.93. The molecule has 0 spiro atoms. The Balaban J connectivity index is 0.000000668. The molecule has 0 aliphatic carbocycles. The topological polar surface area (TPSA) is 105 Å². The number of benzene rings is 1. The lowest BCUT2D eigenvalue weighted by atomic mass is 10.0. The largest absolute Gasteiger partial charge is 0.480 e. The molecule has 158 valence electrons. The molecule has 1 unspecified atom stereocenters. The lowest BCUT2D eigenvalue weighted by molar-refractivity contribution is -0.142. The highest BCUT2D eigenvalue weighted by Gasteiger charge is 2.33. The monoisotopic (exact) mass is 412 g/mol. The summed E-state index contributed by atoms with van der Waals surface area (Å²) in [6, 6.07) is 9.09. The van der Waals surface area contributed by atoms with Crippen LogP contribution in [0.15, 0.2) is 30.3 Å². The van der Waals surface area contributed by atoms with Gasteiger partial charge in [-0.1, -0.05) is 44.2 Å². The molecule has 3 N–H and O–H groups in total. The standard InChI is InChI=1S/C12H22N2O4S.C8H10O/c1-6(2)8(19)9(15)14-12(4,5)11(18)13-7(3)10(16)17;1-9-7-8-5-3-2-4-6-8/h6-8,19H,1-5H3,(H,13,18)(H,14,15)(H,16,17);2-6H,7H2,1H3/t7-,8?;/m0./s1. The minimum Gasteiger partial charge on any atom is -0.480 e. The smallest absolute Gasteiger partial charge is 0.325 e. The van der Waals surface area contributed by atoms with Crippen molar-refractivity contribution in [3.8, 4) is 0 Å². The van der Waals surface area contributed by atoms with Gasteiger partial charge in [-0.15, -0.1) is 0 Å². The van der Waals surface area contributed by atoms with Crippen LogP contribution in [-0.4, -0.2) is 46.8 Å². The van der Waals surface area contributed by atoms with Crippen molar-refractivity contribution < 1.29 is 24.2 Å². The molecular formula is C20H32N2O5S. The number of hydrogen-bond acceptors (Lipinski definition) is 5. The third kappa shape index (κ3) is 9.75. The first-order valence-corrected chi connectivity index (χ1v) is 9.50. The summed E-state index contributed by atoms with van der Waals surface area (Å²) in [6.45, 7) is 8.77. The van der Waals surface area contributed by atoms with Gasteiger partial charge in [0.1, 0.15) is 11.6 Å². The van der Waals surface area contributed by atoms with Gasteiger partial charge in [0.05, 0.1) is 11.9 Å². The van der Waals surface area contributed by atoms with Gasteiger partial charge in [0.15, 0.2) is 0 Å². The Morgan fingerprint density at radius 3 is 2.11 bits per heavy atom. The average Bonchev–Trinajstić information content (AvgIpc) is 2.62. The van der Waals surface area contributed by atoms with E-state index in [4.69, 9.17) is 9.84 Å². The van der Waals surface area contributed by atoms with E-state index in [1.165, 1.54) is 26.3 Å². The lowest BCUT2D eigenvalue weighted by Gasteiger charge is -2.28. The van der Waals surface area contributed by atoms with Gasteiger partial charge in [0.2, 0.25) is 11.8 Å². The number of amides is 2. The van der Waals surface area contributed by atoms with E-state index in [0.29, 0.717) is 6.61 Å². The van der Waals surface area contributed by atoms with Crippen LogP contribution in [0.25, 0.3) is 0 Å². The Labute approximate surface area is 172 Å². The molecule has 0 aliphatic heterocycles. The normalized spacial score (nSPS) is 13.0. The Bertz CT molecular complexity index is 635. The molecule has 0 heterocycles. The Kier molecular flexibility index (Phi) is 11.5. The van der Waals surface area contributed by atoms with Gasteiger partial charge in [0, 0.05) is 7.11 Å². The number of rotatable bonds is 8. The van der Waals surface area contributed by atoms with Gasteiger partial charge in [-0.2, -0.15) is 12.6 Å². The van der Waals surface area contributed by atoms with Crippen molar-refractivity contribution >= 4 is 30.4 Å². The maximum Gasteiger partial charge on any atom is 0.325 e. The Morgan fingerprint density at radius 2 is 1.68 bits per heavy atom. The highest BCUT2D eigenvalue weighted by atomic mass is 32.1. The van der Waals surface area contributed by atoms with Crippen LogP contribution in [0.3, 0.4) is 0 Å². The molecule has 0 saturated carbocycles. The number of carboxylic acids is 1. The number of carbonyl (C=O) groups excluding carboxylic acids is 2. The minimum absolute atomic E-state index is 0.0279. The fourth-order valence-electron chi connectivity index (χ4n) is 1.92. The third-order valence-corrected chi connectivity index (χ3v) is 4.61. The van der Waals surface area contributed by atoms with Crippen molar-refractivity contribution in [3.05, 3.63) is 35.9 Å². The number of nitrogens with one attached hydrogen (secondary N) is 2. The van der Waals surface area contributed by atoms with E-state index >= 15 is 0 Å². The van der Waals surface area contributed by atoms with Crippen LogP contribution in [0.1, 0.15) is 40.2 Å². The minimum atomic E-state index is -1.20. The quantitative estimate of drug-likeness (QED) is 0.490. The molecule has 28 heavy (non-hydrogen) atoms. The summed E-state index contributed by atoms with van der Waals surface area (Å²) in [4.78, 5) is 34.4. The highest BCUT2D eigenvalue weighted by molar-refractivity contribution is 7.81. The number of hydrogen-bond donors (Lipinski definition) is 4. The molecule has 2 atom stereocenters. The van der Waals surface area contributed by atoms with Gasteiger partial charge in [-0.25, -0.2) is 0 Å². The first-order valence-electron chi connectivity index (χ1n) is 8.99. The maximum absolute atomic E-state index is 11.9. The molecule has 7 nitrogen and oxygen atoms in total. The Hall–Kier alpha value is -2.06. The number of methoxy groups -OCH3 is 1. The van der Waals surface area contributed by atoms with E-state index in [0.717, 1.165) is 0 Å². The maximum atomic E-state index is 11.9. The summed E-state index contributed by atoms with van der Waals surface area (Å²) in [5.41, 5.74) is 0.0245. The van der Waals surface area contributed by atoms with E-state index in [1.807, 2.05) is 44.2 Å². The number of carbonyl (C=O) groups is 3. The summed E-state index contributed by atoms with van der Waals surface area (Å²) in [6.07, 6.45) is 0. The molecule has 1 aromatic rings. The van der Waals surface area contributed by atoms with Crippen LogP contribution in [0, 0.1) is 5.92 Å². The van der Waals surface area contributed by atoms with Crippen molar-refractivity contribution in [1.29, 1.82) is 0 Å². The van der Waals surface area contributed by atoms with Crippen LogP contribution >= 0.6 is 12.6 Å². The van der Waals surface area contributed by atoms with Gasteiger partial charge >= 0.3 is 5.97 Å². The van der Waals surface area contributed by atoms with E-state index in [9.17, 15) is 14.4 Å². The summed E-state index contributed by atoms with van der Waals surface area (Å²) in [5, 5.41) is 13.1. The highest BCUT2D eigenvalue weighted by Crippen LogP contribution is 2.12. The third-order valence-electron chi connectivity index (χ3n) is 3.78. The van der Waals surface area contributed by atoms with Gasteiger partial charge in [-0.3, -0.25) is 14.4 Å². The number of thiol groups is 1. The lowest BCUT2D eigenvalue weighted by Crippen LogP contribution is -2.58. The van der Waals surface area contributed by atoms with Crippen molar-refractivity contribution in [1.82, 2.24) is 10.6 Å². The van der Waals surface area contributed by atoms with Gasteiger partial charge < -0.3 is 20.5 Å². The second-order valence-electron chi connectivity index (χ2n) is 7.26. The SMILES string of the molecule is CC(C)C(S)C(=O)NC(C)(C)C(=O)N[C@@H](C)C(=O)O.COCc1ccccc1. The van der Waals surface area contributed by atoms with Crippen LogP contribution in [-0.2, 0) is 25.7 Å². The number of aliphatic carboxylic acids is 1. The molecule has 2 amide bonds. The van der Waals surface area contributed by atoms with Crippen LogP contribution < -0.4 is 10.6 Å². The second-order valence-corrected chi connectivity index (χ2v) is 7.81. The van der Waals surface area contributed by atoms with E-state index in [2.05, 4.69) is 23.3 Å². The zero-order valence-corrected chi connectivity index (χ0v) is 18.2. The van der Waals surface area contributed by atoms with E-state index in [-0.39, 0.29) is 11.8 Å². The number of carboxylic acid groups (broad SMARTS) is 1. The first kappa shape index (κ1) is 25.9. The van der Waals surface area contributed by atoms with Crippen LogP contribution in [0.4, 0.5) is 0 Å². The van der Waals surface area contributed by atoms with Crippen molar-refractivity contribution in [3.63, 3.8) is 0 Å². The summed E-state index contributed by atoms with van der Waals surface area (Å²) in [7, 11) is 1.70. The fraction of sp³-hybridized carbons (Fsp3) is 0.550. The first-order chi connectivity index (χ1) is 12.9. The van der Waals surface area contributed by atoms with Crippen LogP contribution in [0.2, 0.25) is 0 Å². The van der Waals surface area contributed by atoms with E-state index < -0.39 is 28.7 Å². The molecule has 8 heteroatoms. The zero-order valence-electron chi connectivity index (χ0n) is 17.4. The van der Waals surface area contributed by atoms with Gasteiger partial charge in [-0.05, 0) is 32.3 Å². The number of ether oxygens (including phenoxy) is 1. The van der Waals surface area contributed by atoms with Crippen molar-refractivity contribution in [2.45, 2.75) is 58.1 Å². The molecule has 0 aliphatic rings. The molecule has 0 saturated heterocycles. The Morgan fingerprint density at radius 1 is 1.14 bits per heavy atom. The molecule has 0 radical (unpaired) electrons. The second kappa shape index (κ2) is 12.4. The van der Waals surface area contributed by atoms with Crippen molar-refractivity contribution in [2.24, 2.45) is 5.92 Å². The predicted octanol–water partition coefficient (Wildman–Crippen LogP) is 2.26. The molecule has 0 fully saturated rings. The summed E-state index contributed by atoms with van der Waals surface area (Å²) in [5.74, 6) is -2.02. The molecule has 0 aromatic heterocycles. The van der Waals surface area contributed by atoms with Crippen LogP contribution in [0.5, 0.6) is 0 Å². The average molecular weight is 413 g/mol. The van der Waals surface area contributed by atoms with E-state index in [1.54, 1.807) is 7.11 Å². The van der Waals surface area contributed by atoms with Crippen molar-refractivity contribution in [2.75, 3.05) is 7.11 Å². The molecule has 1 rings (SSSR count).